The summed E-state index contributed by atoms with van der Waals surface area (Å²) in [5.74, 6) is 1.71. The van der Waals surface area contributed by atoms with Crippen LogP contribution in [0.2, 0.25) is 0 Å². The zero-order valence-corrected chi connectivity index (χ0v) is 12.3. The Kier molecular flexibility index (Phi) is 5.36. The van der Waals surface area contributed by atoms with E-state index in [1.807, 2.05) is 13.0 Å². The number of hydrogen-bond donors (Lipinski definition) is 0. The van der Waals surface area contributed by atoms with E-state index in [2.05, 4.69) is 22.0 Å². The molecule has 1 saturated heterocycles. The van der Waals surface area contributed by atoms with Gasteiger partial charge >= 0.3 is 0 Å². The normalized spacial score (nSPS) is 20.5. The molecule has 108 valence electrons. The Balaban J connectivity index is 1.70. The Bertz CT molecular complexity index is 381. The van der Waals surface area contributed by atoms with Gasteiger partial charge in [0, 0.05) is 32.8 Å². The van der Waals surface area contributed by atoms with Crippen molar-refractivity contribution in [2.45, 2.75) is 19.9 Å². The Morgan fingerprint density at radius 1 is 1.58 bits per heavy atom. The van der Waals surface area contributed by atoms with Crippen LogP contribution in [0.25, 0.3) is 0 Å². The number of nitrogens with zero attached hydrogens (tertiary/aromatic N) is 3. The van der Waals surface area contributed by atoms with E-state index in [4.69, 9.17) is 9.26 Å². The summed E-state index contributed by atoms with van der Waals surface area (Å²) in [4.78, 5) is 4.81. The van der Waals surface area contributed by atoms with E-state index in [0.717, 1.165) is 43.6 Å². The molecular weight excluding hydrogens is 242 g/mol. The van der Waals surface area contributed by atoms with Crippen LogP contribution < -0.4 is 0 Å². The smallest absolute Gasteiger partial charge is 0.150 e. The molecule has 0 saturated carbocycles. The van der Waals surface area contributed by atoms with Gasteiger partial charge in [0.25, 0.3) is 0 Å². The zero-order chi connectivity index (χ0) is 13.7. The summed E-state index contributed by atoms with van der Waals surface area (Å²) in [6.07, 6.45) is 1.28. The second-order valence-corrected chi connectivity index (χ2v) is 5.58. The first-order chi connectivity index (χ1) is 9.17. The summed E-state index contributed by atoms with van der Waals surface area (Å²) >= 11 is 0. The molecule has 2 rings (SSSR count). The molecule has 1 fully saturated rings. The summed E-state index contributed by atoms with van der Waals surface area (Å²) in [5.41, 5.74) is 0.954. The minimum Gasteiger partial charge on any atom is -0.383 e. The van der Waals surface area contributed by atoms with Crippen LogP contribution in [0.3, 0.4) is 0 Å². The van der Waals surface area contributed by atoms with Crippen LogP contribution in [0.5, 0.6) is 0 Å². The van der Waals surface area contributed by atoms with E-state index in [0.29, 0.717) is 0 Å². The third-order valence-electron chi connectivity index (χ3n) is 3.65. The Labute approximate surface area is 115 Å². The topological polar surface area (TPSA) is 41.7 Å². The molecule has 1 aliphatic rings. The third kappa shape index (κ3) is 4.60. The summed E-state index contributed by atoms with van der Waals surface area (Å²) in [7, 11) is 3.91. The molecule has 5 nitrogen and oxygen atoms in total. The van der Waals surface area contributed by atoms with E-state index in [-0.39, 0.29) is 0 Å². The lowest BCUT2D eigenvalue weighted by molar-refractivity contribution is 0.156. The van der Waals surface area contributed by atoms with Crippen LogP contribution >= 0.6 is 0 Å². The van der Waals surface area contributed by atoms with Crippen molar-refractivity contribution in [3.8, 4) is 0 Å². The number of aryl methyl sites for hydroxylation is 1. The van der Waals surface area contributed by atoms with E-state index < -0.39 is 0 Å². The van der Waals surface area contributed by atoms with Gasteiger partial charge in [0.2, 0.25) is 0 Å². The molecular formula is C14H25N3O2. The van der Waals surface area contributed by atoms with Gasteiger partial charge in [-0.2, -0.15) is 0 Å². The molecule has 0 aromatic carbocycles. The Morgan fingerprint density at radius 2 is 2.42 bits per heavy atom. The van der Waals surface area contributed by atoms with Crippen LogP contribution in [-0.4, -0.2) is 61.9 Å². The highest BCUT2D eigenvalue weighted by molar-refractivity contribution is 5.02. The molecule has 19 heavy (non-hydrogen) atoms. The van der Waals surface area contributed by atoms with Crippen LogP contribution in [0.4, 0.5) is 0 Å². The Hall–Kier alpha value is -0.910. The quantitative estimate of drug-likeness (QED) is 0.746. The molecule has 0 bridgehead atoms. The van der Waals surface area contributed by atoms with Crippen LogP contribution in [0.1, 0.15) is 17.9 Å². The SMILES string of the molecule is COCCN1CC[C@@H](CN(C)Cc2cc(C)no2)C1. The predicted octanol–water partition coefficient (Wildman–Crippen LogP) is 1.38. The standard InChI is InChI=1S/C14H25N3O2/c1-12-8-14(19-15-12)11-16(2)9-13-4-5-17(10-13)6-7-18-3/h8,13H,4-7,9-11H2,1-3H3/t13-/m0/s1. The number of rotatable bonds is 7. The minimum atomic E-state index is 0.755. The third-order valence-corrected chi connectivity index (χ3v) is 3.65. The maximum absolute atomic E-state index is 5.26. The van der Waals surface area contributed by atoms with E-state index >= 15 is 0 Å². The molecule has 1 atom stereocenters. The lowest BCUT2D eigenvalue weighted by Gasteiger charge is -2.20. The van der Waals surface area contributed by atoms with Gasteiger partial charge in [-0.3, -0.25) is 4.90 Å². The van der Waals surface area contributed by atoms with Gasteiger partial charge in [-0.05, 0) is 32.9 Å². The number of methoxy groups -OCH3 is 1. The zero-order valence-electron chi connectivity index (χ0n) is 12.3. The molecule has 1 aliphatic heterocycles. The highest BCUT2D eigenvalue weighted by atomic mass is 16.5. The molecule has 2 heterocycles. The van der Waals surface area contributed by atoms with E-state index in [1.54, 1.807) is 7.11 Å². The van der Waals surface area contributed by atoms with Crippen molar-refractivity contribution >= 4 is 0 Å². The van der Waals surface area contributed by atoms with Gasteiger partial charge in [0.15, 0.2) is 5.76 Å². The minimum absolute atomic E-state index is 0.755. The average Bonchev–Trinajstić information content (AvgIpc) is 2.96. The molecule has 0 spiro atoms. The molecule has 0 N–H and O–H groups in total. The highest BCUT2D eigenvalue weighted by Crippen LogP contribution is 2.17. The van der Waals surface area contributed by atoms with Crippen molar-refractivity contribution in [2.75, 3.05) is 46.9 Å². The van der Waals surface area contributed by atoms with Gasteiger partial charge < -0.3 is 14.2 Å². The Morgan fingerprint density at radius 3 is 3.11 bits per heavy atom. The fraction of sp³-hybridized carbons (Fsp3) is 0.786. The van der Waals surface area contributed by atoms with Gasteiger partial charge in [-0.1, -0.05) is 5.16 Å². The van der Waals surface area contributed by atoms with Gasteiger partial charge in [0.05, 0.1) is 18.8 Å². The molecule has 0 radical (unpaired) electrons. The summed E-state index contributed by atoms with van der Waals surface area (Å²) in [6.45, 7) is 8.18. The van der Waals surface area contributed by atoms with Crippen molar-refractivity contribution in [3.63, 3.8) is 0 Å². The lowest BCUT2D eigenvalue weighted by atomic mass is 10.1. The predicted molar refractivity (Wildman–Crippen MR) is 74.0 cm³/mol. The molecule has 1 aromatic rings. The molecule has 0 amide bonds. The lowest BCUT2D eigenvalue weighted by Crippen LogP contribution is -2.29. The van der Waals surface area contributed by atoms with Crippen LogP contribution in [-0.2, 0) is 11.3 Å². The summed E-state index contributed by atoms with van der Waals surface area (Å²) in [5, 5.41) is 3.92. The first-order valence-electron chi connectivity index (χ1n) is 6.99. The molecule has 0 aliphatic carbocycles. The van der Waals surface area contributed by atoms with Crippen molar-refractivity contribution in [3.05, 3.63) is 17.5 Å². The fourth-order valence-corrected chi connectivity index (χ4v) is 2.75. The van der Waals surface area contributed by atoms with E-state index in [9.17, 15) is 0 Å². The van der Waals surface area contributed by atoms with Gasteiger partial charge in [-0.15, -0.1) is 0 Å². The number of hydrogen-bond acceptors (Lipinski definition) is 5. The van der Waals surface area contributed by atoms with Crippen molar-refractivity contribution in [1.29, 1.82) is 0 Å². The van der Waals surface area contributed by atoms with Crippen molar-refractivity contribution < 1.29 is 9.26 Å². The summed E-state index contributed by atoms with van der Waals surface area (Å²) in [6, 6.07) is 2.01. The number of likely N-dealkylation sites (tertiary alicyclic amines) is 1. The summed E-state index contributed by atoms with van der Waals surface area (Å²) < 4.78 is 10.4. The second-order valence-electron chi connectivity index (χ2n) is 5.58. The monoisotopic (exact) mass is 267 g/mol. The number of aromatic nitrogens is 1. The first-order valence-corrected chi connectivity index (χ1v) is 6.99. The highest BCUT2D eigenvalue weighted by Gasteiger charge is 2.23. The van der Waals surface area contributed by atoms with Crippen LogP contribution in [0.15, 0.2) is 10.6 Å². The maximum Gasteiger partial charge on any atom is 0.150 e. The average molecular weight is 267 g/mol. The second kappa shape index (κ2) is 7.03. The maximum atomic E-state index is 5.26. The van der Waals surface area contributed by atoms with Crippen molar-refractivity contribution in [1.82, 2.24) is 15.0 Å². The molecule has 0 unspecified atom stereocenters. The van der Waals surface area contributed by atoms with Crippen molar-refractivity contribution in [2.24, 2.45) is 5.92 Å². The fourth-order valence-electron chi connectivity index (χ4n) is 2.75. The van der Waals surface area contributed by atoms with E-state index in [1.165, 1.54) is 19.5 Å². The first kappa shape index (κ1) is 14.5. The molecule has 5 heteroatoms. The van der Waals surface area contributed by atoms with Gasteiger partial charge in [0.1, 0.15) is 0 Å². The largest absolute Gasteiger partial charge is 0.383 e. The number of ether oxygens (including phenoxy) is 1. The molecule has 1 aromatic heterocycles. The van der Waals surface area contributed by atoms with Gasteiger partial charge in [-0.25, -0.2) is 0 Å². The van der Waals surface area contributed by atoms with Crippen LogP contribution in [0, 0.1) is 12.8 Å².